The molecule has 0 spiro atoms. The van der Waals surface area contributed by atoms with E-state index in [1.54, 1.807) is 0 Å². The van der Waals surface area contributed by atoms with E-state index in [1.165, 1.54) is 37.4 Å². The number of aromatic nitrogens is 2. The second kappa shape index (κ2) is 5.25. The molecule has 0 aliphatic carbocycles. The molecule has 1 aromatic rings. The molecule has 4 nitrogen and oxygen atoms in total. The molecule has 1 unspecified atom stereocenters. The molecule has 19 heavy (non-hydrogen) atoms. The number of nitrogens with two attached hydrogens (primary N) is 1. The Morgan fingerprint density at radius 2 is 2.00 bits per heavy atom. The molecule has 3 heterocycles. The van der Waals surface area contributed by atoms with Crippen molar-refractivity contribution in [3.8, 4) is 0 Å². The number of piperidine rings is 1. The Hall–Kier alpha value is -0.870. The van der Waals surface area contributed by atoms with Gasteiger partial charge in [-0.25, -0.2) is 4.98 Å². The molecule has 0 bridgehead atoms. The molecule has 1 fully saturated rings. The molecule has 106 valence electrons. The fourth-order valence-electron chi connectivity index (χ4n) is 3.40. The van der Waals surface area contributed by atoms with Gasteiger partial charge in [0.15, 0.2) is 0 Å². The maximum atomic E-state index is 6.03. The van der Waals surface area contributed by atoms with Crippen molar-refractivity contribution < 1.29 is 0 Å². The minimum Gasteiger partial charge on any atom is -0.333 e. The van der Waals surface area contributed by atoms with Crippen molar-refractivity contribution in [1.82, 2.24) is 14.5 Å². The average molecular weight is 262 g/mol. The molecule has 0 aromatic carbocycles. The van der Waals surface area contributed by atoms with Crippen molar-refractivity contribution in [1.29, 1.82) is 0 Å². The Bertz CT molecular complexity index is 429. The van der Waals surface area contributed by atoms with Gasteiger partial charge in [-0.1, -0.05) is 0 Å². The van der Waals surface area contributed by atoms with E-state index in [2.05, 4.69) is 29.5 Å². The predicted molar refractivity (Wildman–Crippen MR) is 77.2 cm³/mol. The zero-order valence-electron chi connectivity index (χ0n) is 12.2. The molecule has 1 aromatic heterocycles. The SMILES string of the molecule is CC(C)N1CCC(c2cn3c(n2)CCC(N)C3)CC1. The Labute approximate surface area is 116 Å². The van der Waals surface area contributed by atoms with E-state index in [0.717, 1.165) is 19.4 Å². The number of likely N-dealkylation sites (tertiary alicyclic amines) is 1. The van der Waals surface area contributed by atoms with Crippen LogP contribution in [-0.4, -0.2) is 39.6 Å². The van der Waals surface area contributed by atoms with Gasteiger partial charge in [-0.05, 0) is 46.2 Å². The molecule has 4 heteroatoms. The minimum atomic E-state index is 0.317. The zero-order chi connectivity index (χ0) is 13.4. The summed E-state index contributed by atoms with van der Waals surface area (Å²) >= 11 is 0. The number of fused-ring (bicyclic) bond motifs is 1. The summed E-state index contributed by atoms with van der Waals surface area (Å²) in [7, 11) is 0. The van der Waals surface area contributed by atoms with Crippen molar-refractivity contribution >= 4 is 0 Å². The summed E-state index contributed by atoms with van der Waals surface area (Å²) in [6.07, 6.45) is 6.90. The molecule has 0 amide bonds. The van der Waals surface area contributed by atoms with Crippen LogP contribution in [0.3, 0.4) is 0 Å². The quantitative estimate of drug-likeness (QED) is 0.883. The second-order valence-electron chi connectivity index (χ2n) is 6.44. The molecule has 3 rings (SSSR count). The molecule has 1 saturated heterocycles. The molecule has 0 saturated carbocycles. The first-order valence-electron chi connectivity index (χ1n) is 7.69. The number of rotatable bonds is 2. The second-order valence-corrected chi connectivity index (χ2v) is 6.44. The highest BCUT2D eigenvalue weighted by molar-refractivity contribution is 5.13. The summed E-state index contributed by atoms with van der Waals surface area (Å²) in [5.74, 6) is 1.91. The lowest BCUT2D eigenvalue weighted by atomic mass is 9.93. The van der Waals surface area contributed by atoms with Gasteiger partial charge in [-0.3, -0.25) is 0 Å². The third-order valence-corrected chi connectivity index (χ3v) is 4.73. The number of hydrogen-bond acceptors (Lipinski definition) is 3. The molecule has 0 radical (unpaired) electrons. The normalized spacial score (nSPS) is 25.8. The Morgan fingerprint density at radius 1 is 1.26 bits per heavy atom. The lowest BCUT2D eigenvalue weighted by molar-refractivity contribution is 0.171. The Balaban J connectivity index is 1.67. The van der Waals surface area contributed by atoms with Gasteiger partial charge in [0.05, 0.1) is 5.69 Å². The standard InChI is InChI=1S/C15H26N4/c1-11(2)18-7-5-12(6-8-18)14-10-19-9-13(16)3-4-15(19)17-14/h10-13H,3-9,16H2,1-2H3. The van der Waals surface area contributed by atoms with E-state index in [1.807, 2.05) is 0 Å². The van der Waals surface area contributed by atoms with Crippen LogP contribution < -0.4 is 5.73 Å². The highest BCUT2D eigenvalue weighted by atomic mass is 15.2. The van der Waals surface area contributed by atoms with Gasteiger partial charge in [-0.15, -0.1) is 0 Å². The monoisotopic (exact) mass is 262 g/mol. The van der Waals surface area contributed by atoms with Crippen molar-refractivity contribution in [2.75, 3.05) is 13.1 Å². The molecular formula is C15H26N4. The van der Waals surface area contributed by atoms with Crippen LogP contribution in [0, 0.1) is 0 Å². The van der Waals surface area contributed by atoms with E-state index in [-0.39, 0.29) is 0 Å². The zero-order valence-corrected chi connectivity index (χ0v) is 12.2. The summed E-state index contributed by atoms with van der Waals surface area (Å²) in [5.41, 5.74) is 7.35. The maximum Gasteiger partial charge on any atom is 0.109 e. The van der Waals surface area contributed by atoms with Crippen LogP contribution in [0.15, 0.2) is 6.20 Å². The van der Waals surface area contributed by atoms with Gasteiger partial charge in [0, 0.05) is 37.2 Å². The van der Waals surface area contributed by atoms with E-state index in [4.69, 9.17) is 10.7 Å². The van der Waals surface area contributed by atoms with Gasteiger partial charge in [0.1, 0.15) is 5.82 Å². The molecule has 1 atom stereocenters. The van der Waals surface area contributed by atoms with Gasteiger partial charge in [0.25, 0.3) is 0 Å². The summed E-state index contributed by atoms with van der Waals surface area (Å²) < 4.78 is 2.29. The topological polar surface area (TPSA) is 47.1 Å². The fraction of sp³-hybridized carbons (Fsp3) is 0.800. The Kier molecular flexibility index (Phi) is 3.63. The average Bonchev–Trinajstić information content (AvgIpc) is 2.81. The van der Waals surface area contributed by atoms with E-state index in [0.29, 0.717) is 18.0 Å². The van der Waals surface area contributed by atoms with Crippen LogP contribution in [0.2, 0.25) is 0 Å². The number of nitrogens with zero attached hydrogens (tertiary/aromatic N) is 3. The van der Waals surface area contributed by atoms with Crippen molar-refractivity contribution in [2.45, 2.75) is 64.1 Å². The number of aryl methyl sites for hydroxylation is 1. The van der Waals surface area contributed by atoms with E-state index < -0.39 is 0 Å². The first-order chi connectivity index (χ1) is 9.13. The lowest BCUT2D eigenvalue weighted by Crippen LogP contribution is -2.37. The van der Waals surface area contributed by atoms with Crippen LogP contribution in [0.5, 0.6) is 0 Å². The first kappa shape index (κ1) is 13.1. The van der Waals surface area contributed by atoms with Gasteiger partial charge < -0.3 is 15.2 Å². The van der Waals surface area contributed by atoms with Gasteiger partial charge >= 0.3 is 0 Å². The summed E-state index contributed by atoms with van der Waals surface area (Å²) in [6.45, 7) is 7.95. The van der Waals surface area contributed by atoms with Crippen LogP contribution >= 0.6 is 0 Å². The summed E-state index contributed by atoms with van der Waals surface area (Å²) in [6, 6.07) is 0.992. The summed E-state index contributed by atoms with van der Waals surface area (Å²) in [5, 5.41) is 0. The number of hydrogen-bond donors (Lipinski definition) is 1. The van der Waals surface area contributed by atoms with Gasteiger partial charge in [0.2, 0.25) is 0 Å². The highest BCUT2D eigenvalue weighted by Gasteiger charge is 2.26. The third-order valence-electron chi connectivity index (χ3n) is 4.73. The summed E-state index contributed by atoms with van der Waals surface area (Å²) in [4.78, 5) is 7.44. The highest BCUT2D eigenvalue weighted by Crippen LogP contribution is 2.29. The maximum absolute atomic E-state index is 6.03. The molecule has 2 aliphatic rings. The number of imidazole rings is 1. The van der Waals surface area contributed by atoms with Crippen LogP contribution in [-0.2, 0) is 13.0 Å². The fourth-order valence-corrected chi connectivity index (χ4v) is 3.40. The van der Waals surface area contributed by atoms with Crippen LogP contribution in [0.4, 0.5) is 0 Å². The van der Waals surface area contributed by atoms with E-state index >= 15 is 0 Å². The lowest BCUT2D eigenvalue weighted by Gasteiger charge is -2.33. The predicted octanol–water partition coefficient (Wildman–Crippen LogP) is 1.74. The van der Waals surface area contributed by atoms with E-state index in [9.17, 15) is 0 Å². The van der Waals surface area contributed by atoms with Gasteiger partial charge in [-0.2, -0.15) is 0 Å². The molecule has 2 aliphatic heterocycles. The van der Waals surface area contributed by atoms with Crippen molar-refractivity contribution in [3.05, 3.63) is 17.7 Å². The molecule has 2 N–H and O–H groups in total. The minimum absolute atomic E-state index is 0.317. The van der Waals surface area contributed by atoms with Crippen LogP contribution in [0.25, 0.3) is 0 Å². The van der Waals surface area contributed by atoms with Crippen molar-refractivity contribution in [2.24, 2.45) is 5.73 Å². The largest absolute Gasteiger partial charge is 0.333 e. The van der Waals surface area contributed by atoms with Crippen molar-refractivity contribution in [3.63, 3.8) is 0 Å². The third kappa shape index (κ3) is 2.70. The Morgan fingerprint density at radius 3 is 2.68 bits per heavy atom. The molecular weight excluding hydrogens is 236 g/mol. The smallest absolute Gasteiger partial charge is 0.109 e. The van der Waals surface area contributed by atoms with Crippen LogP contribution in [0.1, 0.15) is 50.5 Å². The first-order valence-corrected chi connectivity index (χ1v) is 7.69.